The van der Waals surface area contributed by atoms with Crippen molar-refractivity contribution in [3.05, 3.63) is 89.0 Å². The van der Waals surface area contributed by atoms with Crippen LogP contribution >= 0.6 is 0 Å². The van der Waals surface area contributed by atoms with Crippen LogP contribution in [0, 0.1) is 11.8 Å². The summed E-state index contributed by atoms with van der Waals surface area (Å²) >= 11 is 0. The number of nitrogens with one attached hydrogen (secondary N) is 1. The van der Waals surface area contributed by atoms with Crippen LogP contribution in [0.1, 0.15) is 46.3 Å². The Hall–Kier alpha value is -4.04. The summed E-state index contributed by atoms with van der Waals surface area (Å²) in [6.07, 6.45) is -0.0449. The number of carbonyl (C=O) groups excluding carboxylic acids is 2. The number of phenols is 1. The molecule has 4 rings (SSSR count). The molecule has 0 aromatic heterocycles. The second-order valence-corrected chi connectivity index (χ2v) is 7.59. The number of Topliss-reactive ketones (excluding diaryl/α,β-unsaturated/α-hetero) is 1. The Kier molecular flexibility index (Phi) is 6.23. The van der Waals surface area contributed by atoms with Gasteiger partial charge in [0.2, 0.25) is 0 Å². The van der Waals surface area contributed by atoms with Crippen LogP contribution in [-0.4, -0.2) is 30.1 Å². The molecule has 1 aliphatic carbocycles. The molecule has 0 atom stereocenters. The molecule has 0 unspecified atom stereocenters. The molecule has 2 N–H and O–H groups in total. The Bertz CT molecular complexity index is 1190. The second kappa shape index (κ2) is 9.40. The number of benzene rings is 3. The number of hydrogen-bond donors (Lipinski definition) is 2. The van der Waals surface area contributed by atoms with Crippen molar-refractivity contribution >= 4 is 11.9 Å². The van der Waals surface area contributed by atoms with Crippen LogP contribution in [0.15, 0.2) is 66.7 Å². The molecule has 5 nitrogen and oxygen atoms in total. The van der Waals surface area contributed by atoms with Crippen molar-refractivity contribution in [2.75, 3.05) is 13.2 Å². The van der Waals surface area contributed by atoms with Gasteiger partial charge < -0.3 is 15.2 Å². The highest BCUT2D eigenvalue weighted by molar-refractivity contribution is 5.96. The van der Waals surface area contributed by atoms with Gasteiger partial charge in [-0.3, -0.25) is 4.79 Å². The molecule has 0 fully saturated rings. The van der Waals surface area contributed by atoms with Gasteiger partial charge in [0.1, 0.15) is 12.4 Å². The van der Waals surface area contributed by atoms with E-state index in [4.69, 9.17) is 4.74 Å². The highest BCUT2D eigenvalue weighted by Gasteiger charge is 2.28. The van der Waals surface area contributed by atoms with Crippen molar-refractivity contribution < 1.29 is 19.4 Å². The average Bonchev–Trinajstić information content (AvgIpc) is 3.11. The first-order valence-corrected chi connectivity index (χ1v) is 10.5. The van der Waals surface area contributed by atoms with Gasteiger partial charge in [0.25, 0.3) is 0 Å². The van der Waals surface area contributed by atoms with Crippen LogP contribution in [0.25, 0.3) is 11.1 Å². The van der Waals surface area contributed by atoms with Crippen LogP contribution < -0.4 is 5.32 Å². The molecule has 0 saturated carbocycles. The maximum absolute atomic E-state index is 12.2. The van der Waals surface area contributed by atoms with Crippen molar-refractivity contribution in [3.63, 3.8) is 0 Å². The number of carbonyl (C=O) groups is 2. The summed E-state index contributed by atoms with van der Waals surface area (Å²) in [6, 6.07) is 21.1. The number of fused-ring (bicyclic) bond motifs is 3. The molecule has 1 amide bonds. The van der Waals surface area contributed by atoms with E-state index in [0.717, 1.165) is 0 Å². The monoisotopic (exact) mass is 425 g/mol. The standard InChI is InChI=1S/C27H23NO4/c1-18(29)20-14-13-19(16-26(20)30)8-6-7-15-28-27(31)32-17-25-23-11-4-2-9-21(23)22-10-3-5-12-24(22)25/h2-5,9-14,16,25,30H,7,15,17H2,1H3,(H,28,31). The fourth-order valence-corrected chi connectivity index (χ4v) is 3.95. The maximum Gasteiger partial charge on any atom is 0.407 e. The van der Waals surface area contributed by atoms with Crippen LogP contribution in [-0.2, 0) is 4.74 Å². The third-order valence-electron chi connectivity index (χ3n) is 5.47. The van der Waals surface area contributed by atoms with E-state index in [1.54, 1.807) is 12.1 Å². The fraction of sp³-hybridized carbons (Fsp3) is 0.185. The third-order valence-corrected chi connectivity index (χ3v) is 5.47. The summed E-state index contributed by atoms with van der Waals surface area (Å²) in [4.78, 5) is 23.5. The summed E-state index contributed by atoms with van der Waals surface area (Å²) in [5.74, 6) is 5.59. The summed E-state index contributed by atoms with van der Waals surface area (Å²) in [6.45, 7) is 2.02. The number of ketones is 1. The largest absolute Gasteiger partial charge is 0.507 e. The van der Waals surface area contributed by atoms with E-state index in [-0.39, 0.29) is 29.6 Å². The Morgan fingerprint density at radius 3 is 2.28 bits per heavy atom. The highest BCUT2D eigenvalue weighted by atomic mass is 16.5. The van der Waals surface area contributed by atoms with E-state index in [1.165, 1.54) is 35.2 Å². The molecule has 3 aromatic rings. The zero-order chi connectivity index (χ0) is 22.5. The molecule has 0 heterocycles. The summed E-state index contributed by atoms with van der Waals surface area (Å²) < 4.78 is 5.49. The Labute approximate surface area is 187 Å². The van der Waals surface area contributed by atoms with Crippen LogP contribution in [0.3, 0.4) is 0 Å². The number of rotatable bonds is 5. The van der Waals surface area contributed by atoms with Crippen molar-refractivity contribution in [3.8, 4) is 28.7 Å². The maximum atomic E-state index is 12.2. The molecular formula is C27H23NO4. The molecule has 0 bridgehead atoms. The molecule has 0 spiro atoms. The second-order valence-electron chi connectivity index (χ2n) is 7.59. The van der Waals surface area contributed by atoms with Crippen LogP contribution in [0.4, 0.5) is 4.79 Å². The first kappa shape index (κ1) is 21.2. The molecular weight excluding hydrogens is 402 g/mol. The number of hydrogen-bond acceptors (Lipinski definition) is 4. The number of amides is 1. The zero-order valence-corrected chi connectivity index (χ0v) is 17.7. The van der Waals surface area contributed by atoms with Gasteiger partial charge in [-0.1, -0.05) is 60.4 Å². The number of phenolic OH excluding ortho intramolecular Hbond substituents is 1. The minimum atomic E-state index is -0.475. The molecule has 160 valence electrons. The lowest BCUT2D eigenvalue weighted by Gasteiger charge is -2.14. The normalized spacial score (nSPS) is 11.7. The quantitative estimate of drug-likeness (QED) is 0.347. The van der Waals surface area contributed by atoms with E-state index < -0.39 is 6.09 Å². The summed E-state index contributed by atoms with van der Waals surface area (Å²) in [5.41, 5.74) is 5.60. The number of aromatic hydroxyl groups is 1. The minimum absolute atomic E-state index is 0.0265. The van der Waals surface area contributed by atoms with Gasteiger partial charge in [0, 0.05) is 24.4 Å². The Morgan fingerprint density at radius 2 is 1.66 bits per heavy atom. The summed E-state index contributed by atoms with van der Waals surface area (Å²) in [5, 5.41) is 12.6. The van der Waals surface area contributed by atoms with E-state index in [1.807, 2.05) is 24.3 Å². The average molecular weight is 425 g/mol. The SMILES string of the molecule is CC(=O)c1ccc(C#CCCNC(=O)OCC2c3ccccc3-c3ccccc32)cc1O. The van der Waals surface area contributed by atoms with E-state index in [0.29, 0.717) is 18.5 Å². The lowest BCUT2D eigenvalue weighted by atomic mass is 9.98. The lowest BCUT2D eigenvalue weighted by Crippen LogP contribution is -2.26. The number of alkyl carbamates (subject to hydrolysis) is 1. The minimum Gasteiger partial charge on any atom is -0.507 e. The molecule has 5 heteroatoms. The van der Waals surface area contributed by atoms with Gasteiger partial charge in [-0.25, -0.2) is 4.79 Å². The van der Waals surface area contributed by atoms with Gasteiger partial charge >= 0.3 is 6.09 Å². The van der Waals surface area contributed by atoms with Crippen LogP contribution in [0.5, 0.6) is 5.75 Å². The van der Waals surface area contributed by atoms with Crippen molar-refractivity contribution in [1.82, 2.24) is 5.32 Å². The van der Waals surface area contributed by atoms with E-state index in [9.17, 15) is 14.7 Å². The lowest BCUT2D eigenvalue weighted by molar-refractivity contribution is 0.101. The predicted octanol–water partition coefficient (Wildman–Crippen LogP) is 4.88. The Morgan fingerprint density at radius 1 is 1.00 bits per heavy atom. The fourth-order valence-electron chi connectivity index (χ4n) is 3.95. The molecule has 0 radical (unpaired) electrons. The van der Waals surface area contributed by atoms with Crippen molar-refractivity contribution in [2.24, 2.45) is 0 Å². The topological polar surface area (TPSA) is 75.6 Å². The highest BCUT2D eigenvalue weighted by Crippen LogP contribution is 2.44. The van der Waals surface area contributed by atoms with Gasteiger partial charge in [-0.2, -0.15) is 0 Å². The predicted molar refractivity (Wildman–Crippen MR) is 123 cm³/mol. The molecule has 32 heavy (non-hydrogen) atoms. The smallest absolute Gasteiger partial charge is 0.407 e. The van der Waals surface area contributed by atoms with Gasteiger partial charge in [-0.15, -0.1) is 0 Å². The molecule has 1 aliphatic rings. The summed E-state index contributed by atoms with van der Waals surface area (Å²) in [7, 11) is 0. The molecule has 3 aromatic carbocycles. The first-order valence-electron chi connectivity index (χ1n) is 10.5. The van der Waals surface area contributed by atoms with E-state index in [2.05, 4.69) is 41.4 Å². The Balaban J connectivity index is 1.28. The zero-order valence-electron chi connectivity index (χ0n) is 17.7. The molecule has 0 saturated heterocycles. The van der Waals surface area contributed by atoms with Crippen LogP contribution in [0.2, 0.25) is 0 Å². The molecule has 0 aliphatic heterocycles. The van der Waals surface area contributed by atoms with Crippen molar-refractivity contribution in [2.45, 2.75) is 19.3 Å². The third kappa shape index (κ3) is 4.50. The van der Waals surface area contributed by atoms with Gasteiger partial charge in [-0.05, 0) is 47.4 Å². The van der Waals surface area contributed by atoms with Gasteiger partial charge in [0.15, 0.2) is 5.78 Å². The van der Waals surface area contributed by atoms with E-state index >= 15 is 0 Å². The number of ether oxygens (including phenoxy) is 1. The first-order chi connectivity index (χ1) is 15.5. The van der Waals surface area contributed by atoms with Crippen molar-refractivity contribution in [1.29, 1.82) is 0 Å². The van der Waals surface area contributed by atoms with Gasteiger partial charge in [0.05, 0.1) is 5.56 Å².